The van der Waals surface area contributed by atoms with Crippen LogP contribution in [0.15, 0.2) is 31.4 Å². The number of anilines is 1. The van der Waals surface area contributed by atoms with E-state index in [1.807, 2.05) is 33.8 Å². The van der Waals surface area contributed by atoms with Crippen LogP contribution in [0.25, 0.3) is 0 Å². The molecule has 2 rings (SSSR count). The third-order valence-electron chi connectivity index (χ3n) is 4.50. The summed E-state index contributed by atoms with van der Waals surface area (Å²) in [6.45, 7) is 16.1. The third kappa shape index (κ3) is 3.14. The van der Waals surface area contributed by atoms with Gasteiger partial charge in [-0.1, -0.05) is 32.1 Å². The van der Waals surface area contributed by atoms with E-state index >= 15 is 0 Å². The number of nitrogens with zero attached hydrogens (tertiary/aromatic N) is 1. The number of rotatable bonds is 5. The normalized spacial score (nSPS) is 14.9. The molecule has 24 heavy (non-hydrogen) atoms. The second-order valence-electron chi connectivity index (χ2n) is 7.04. The summed E-state index contributed by atoms with van der Waals surface area (Å²) < 4.78 is 0. The first-order valence-corrected chi connectivity index (χ1v) is 8.18. The standard InChI is InChI=1S/C20H26N2O2/c1-7-9-22(10-8-2)19(24)21-17-14(4)11-13(3)16-15(17)12-20(5,6)18(16)23/h7-8,11H,1-2,9-10,12H2,3-6H3,(H,21,24). The predicted octanol–water partition coefficient (Wildman–Crippen LogP) is 4.27. The minimum Gasteiger partial charge on any atom is -0.317 e. The van der Waals surface area contributed by atoms with Crippen molar-refractivity contribution < 1.29 is 9.59 Å². The van der Waals surface area contributed by atoms with Gasteiger partial charge >= 0.3 is 6.03 Å². The summed E-state index contributed by atoms with van der Waals surface area (Å²) in [7, 11) is 0. The Kier molecular flexibility index (Phi) is 4.97. The molecule has 0 radical (unpaired) electrons. The van der Waals surface area contributed by atoms with E-state index in [0.717, 1.165) is 27.9 Å². The van der Waals surface area contributed by atoms with Gasteiger partial charge in [0.1, 0.15) is 0 Å². The number of nitrogens with one attached hydrogen (secondary N) is 1. The van der Waals surface area contributed by atoms with Crippen LogP contribution in [-0.4, -0.2) is 29.8 Å². The third-order valence-corrected chi connectivity index (χ3v) is 4.50. The van der Waals surface area contributed by atoms with E-state index in [-0.39, 0.29) is 11.8 Å². The van der Waals surface area contributed by atoms with Crippen LogP contribution in [0.1, 0.15) is 40.9 Å². The maximum absolute atomic E-state index is 12.7. The Bertz CT molecular complexity index is 707. The number of hydrogen-bond acceptors (Lipinski definition) is 2. The smallest absolute Gasteiger partial charge is 0.317 e. The van der Waals surface area contributed by atoms with Gasteiger partial charge in [-0.25, -0.2) is 4.79 Å². The maximum Gasteiger partial charge on any atom is 0.322 e. The fourth-order valence-corrected chi connectivity index (χ4v) is 3.34. The molecule has 0 fully saturated rings. The minimum atomic E-state index is -0.428. The fraction of sp³-hybridized carbons (Fsp3) is 0.400. The Hall–Kier alpha value is -2.36. The number of urea groups is 1. The van der Waals surface area contributed by atoms with Gasteiger partial charge in [0.2, 0.25) is 0 Å². The summed E-state index contributed by atoms with van der Waals surface area (Å²) in [5, 5.41) is 3.01. The second-order valence-corrected chi connectivity index (χ2v) is 7.04. The molecule has 1 aliphatic rings. The molecule has 1 aromatic carbocycles. The van der Waals surface area contributed by atoms with Gasteiger partial charge in [-0.15, -0.1) is 13.2 Å². The number of hydrogen-bond donors (Lipinski definition) is 1. The van der Waals surface area contributed by atoms with E-state index in [4.69, 9.17) is 0 Å². The van der Waals surface area contributed by atoms with Gasteiger partial charge in [0.05, 0.1) is 0 Å². The van der Waals surface area contributed by atoms with Crippen molar-refractivity contribution in [1.82, 2.24) is 4.90 Å². The number of carbonyl (C=O) groups excluding carboxylic acids is 2. The van der Waals surface area contributed by atoms with Crippen LogP contribution in [0, 0.1) is 19.3 Å². The Morgan fingerprint density at radius 3 is 2.38 bits per heavy atom. The van der Waals surface area contributed by atoms with Crippen molar-refractivity contribution in [2.24, 2.45) is 5.41 Å². The molecular formula is C20H26N2O2. The fourth-order valence-electron chi connectivity index (χ4n) is 3.34. The minimum absolute atomic E-state index is 0.152. The van der Waals surface area contributed by atoms with Crippen LogP contribution in [0.5, 0.6) is 0 Å². The first-order valence-electron chi connectivity index (χ1n) is 8.18. The number of carbonyl (C=O) groups is 2. The number of benzene rings is 1. The lowest BCUT2D eigenvalue weighted by molar-refractivity contribution is 0.0863. The molecule has 0 aromatic heterocycles. The van der Waals surface area contributed by atoms with Crippen molar-refractivity contribution in [2.75, 3.05) is 18.4 Å². The highest BCUT2D eigenvalue weighted by atomic mass is 16.2. The SMILES string of the molecule is C=CCN(CC=C)C(=O)Nc1c(C)cc(C)c2c1CC(C)(C)C2=O. The zero-order valence-corrected chi connectivity index (χ0v) is 15.0. The first kappa shape index (κ1) is 18.0. The van der Waals surface area contributed by atoms with Gasteiger partial charge in [0.25, 0.3) is 0 Å². The van der Waals surface area contributed by atoms with Gasteiger partial charge in [0, 0.05) is 29.8 Å². The molecule has 0 bridgehead atoms. The Labute approximate surface area is 144 Å². The van der Waals surface area contributed by atoms with Crippen molar-refractivity contribution in [3.63, 3.8) is 0 Å². The van der Waals surface area contributed by atoms with Gasteiger partial charge in [-0.05, 0) is 37.0 Å². The molecule has 4 nitrogen and oxygen atoms in total. The summed E-state index contributed by atoms with van der Waals surface area (Å²) >= 11 is 0. The summed E-state index contributed by atoms with van der Waals surface area (Å²) in [6, 6.07) is 1.76. The van der Waals surface area contributed by atoms with E-state index in [9.17, 15) is 9.59 Å². The lowest BCUT2D eigenvalue weighted by atomic mass is 9.88. The molecule has 0 saturated carbocycles. The number of Topliss-reactive ketones (excluding diaryl/α,β-unsaturated/α-hetero) is 1. The van der Waals surface area contributed by atoms with Gasteiger partial charge in [0.15, 0.2) is 5.78 Å². The number of amides is 2. The Morgan fingerprint density at radius 1 is 1.25 bits per heavy atom. The van der Waals surface area contributed by atoms with Crippen LogP contribution in [0.3, 0.4) is 0 Å². The molecule has 0 heterocycles. The van der Waals surface area contributed by atoms with Crippen molar-refractivity contribution in [3.8, 4) is 0 Å². The van der Waals surface area contributed by atoms with Gasteiger partial charge in [-0.3, -0.25) is 4.79 Å². The summed E-state index contributed by atoms with van der Waals surface area (Å²) in [4.78, 5) is 26.9. The quantitative estimate of drug-likeness (QED) is 0.821. The van der Waals surface area contributed by atoms with E-state index in [1.165, 1.54) is 0 Å². The number of fused-ring (bicyclic) bond motifs is 1. The number of ketones is 1. The van der Waals surface area contributed by atoms with Gasteiger partial charge < -0.3 is 10.2 Å². The Balaban J connectivity index is 2.43. The van der Waals surface area contributed by atoms with Crippen LogP contribution in [-0.2, 0) is 6.42 Å². The molecule has 1 aliphatic carbocycles. The molecule has 0 unspecified atom stereocenters. The largest absolute Gasteiger partial charge is 0.322 e. The molecule has 0 saturated heterocycles. The van der Waals surface area contributed by atoms with Crippen molar-refractivity contribution >= 4 is 17.5 Å². The highest BCUT2D eigenvalue weighted by Gasteiger charge is 2.40. The van der Waals surface area contributed by atoms with E-state index in [1.54, 1.807) is 17.1 Å². The summed E-state index contributed by atoms with van der Waals surface area (Å²) in [6.07, 6.45) is 4.01. The molecule has 1 N–H and O–H groups in total. The van der Waals surface area contributed by atoms with Crippen LogP contribution in [0.4, 0.5) is 10.5 Å². The van der Waals surface area contributed by atoms with E-state index in [2.05, 4.69) is 18.5 Å². The summed E-state index contributed by atoms with van der Waals surface area (Å²) in [5.41, 5.74) is 4.00. The molecule has 0 atom stereocenters. The molecule has 1 aromatic rings. The second kappa shape index (κ2) is 6.63. The lowest BCUT2D eigenvalue weighted by Gasteiger charge is -2.22. The molecule has 0 aliphatic heterocycles. The van der Waals surface area contributed by atoms with Crippen LogP contribution in [0.2, 0.25) is 0 Å². The average Bonchev–Trinajstić information content (AvgIpc) is 2.73. The van der Waals surface area contributed by atoms with E-state index in [0.29, 0.717) is 19.5 Å². The van der Waals surface area contributed by atoms with Crippen LogP contribution < -0.4 is 5.32 Å². The zero-order valence-electron chi connectivity index (χ0n) is 15.0. The first-order chi connectivity index (χ1) is 11.2. The van der Waals surface area contributed by atoms with Crippen molar-refractivity contribution in [1.29, 1.82) is 0 Å². The van der Waals surface area contributed by atoms with Crippen LogP contribution >= 0.6 is 0 Å². The van der Waals surface area contributed by atoms with E-state index < -0.39 is 5.41 Å². The average molecular weight is 326 g/mol. The maximum atomic E-state index is 12.7. The zero-order chi connectivity index (χ0) is 18.1. The topological polar surface area (TPSA) is 49.4 Å². The van der Waals surface area contributed by atoms with Crippen molar-refractivity contribution in [3.05, 3.63) is 53.6 Å². The van der Waals surface area contributed by atoms with Gasteiger partial charge in [-0.2, -0.15) is 0 Å². The molecular weight excluding hydrogens is 300 g/mol. The molecule has 128 valence electrons. The van der Waals surface area contributed by atoms with Crippen molar-refractivity contribution in [2.45, 2.75) is 34.1 Å². The summed E-state index contributed by atoms with van der Waals surface area (Å²) in [5.74, 6) is 0.152. The Morgan fingerprint density at radius 2 is 1.83 bits per heavy atom. The lowest BCUT2D eigenvalue weighted by Crippen LogP contribution is -2.35. The predicted molar refractivity (Wildman–Crippen MR) is 98.7 cm³/mol. The number of aryl methyl sites for hydroxylation is 2. The highest BCUT2D eigenvalue weighted by molar-refractivity contribution is 6.08. The highest BCUT2D eigenvalue weighted by Crippen LogP contribution is 2.42. The monoisotopic (exact) mass is 326 g/mol. The molecule has 4 heteroatoms. The molecule has 0 spiro atoms. The molecule has 2 amide bonds.